The Kier molecular flexibility index (Phi) is 5.87. The predicted molar refractivity (Wildman–Crippen MR) is 112 cm³/mol. The van der Waals surface area contributed by atoms with E-state index in [4.69, 9.17) is 9.72 Å². The fourth-order valence-corrected chi connectivity index (χ4v) is 3.74. The zero-order valence-corrected chi connectivity index (χ0v) is 17.0. The number of nitrogens with one attached hydrogen (secondary N) is 1. The lowest BCUT2D eigenvalue weighted by Gasteiger charge is -2.29. The summed E-state index contributed by atoms with van der Waals surface area (Å²) in [5.74, 6) is -0.0669. The second-order valence-electron chi connectivity index (χ2n) is 7.60. The van der Waals surface area contributed by atoms with Gasteiger partial charge in [-0.3, -0.25) is 19.4 Å². The molecule has 152 valence electrons. The summed E-state index contributed by atoms with van der Waals surface area (Å²) in [5, 5.41) is 8.37. The topological polar surface area (TPSA) is 72.3 Å². The summed E-state index contributed by atoms with van der Waals surface area (Å²) >= 11 is 0. The van der Waals surface area contributed by atoms with E-state index in [0.29, 0.717) is 12.1 Å². The number of pyridine rings is 1. The van der Waals surface area contributed by atoms with Gasteiger partial charge in [0.2, 0.25) is 0 Å². The van der Waals surface area contributed by atoms with Crippen molar-refractivity contribution in [1.29, 1.82) is 0 Å². The van der Waals surface area contributed by atoms with Crippen molar-refractivity contribution in [3.63, 3.8) is 0 Å². The molecule has 1 amide bonds. The fourth-order valence-electron chi connectivity index (χ4n) is 3.74. The number of benzene rings is 1. The summed E-state index contributed by atoms with van der Waals surface area (Å²) in [6.45, 7) is 8.74. The summed E-state index contributed by atoms with van der Waals surface area (Å²) < 4.78 is 7.29. The van der Waals surface area contributed by atoms with E-state index in [0.717, 1.165) is 55.1 Å². The molecule has 4 rings (SSSR count). The molecule has 2 aromatic heterocycles. The highest BCUT2D eigenvalue weighted by Gasteiger charge is 2.18. The summed E-state index contributed by atoms with van der Waals surface area (Å²) in [4.78, 5) is 20.2. The van der Waals surface area contributed by atoms with Gasteiger partial charge in [-0.1, -0.05) is 18.2 Å². The van der Waals surface area contributed by atoms with Gasteiger partial charge < -0.3 is 10.1 Å². The molecular weight excluding hydrogens is 366 g/mol. The molecule has 0 unspecified atom stereocenters. The molecule has 3 heterocycles. The number of amides is 1. The Labute approximate surface area is 170 Å². The molecule has 0 radical (unpaired) electrons. The van der Waals surface area contributed by atoms with Gasteiger partial charge in [0.05, 0.1) is 36.5 Å². The molecule has 1 aromatic carbocycles. The molecule has 0 saturated carbocycles. The first kappa shape index (κ1) is 19.5. The van der Waals surface area contributed by atoms with Crippen LogP contribution in [0.2, 0.25) is 0 Å². The zero-order valence-electron chi connectivity index (χ0n) is 17.0. The number of carbonyl (C=O) groups is 1. The molecule has 3 aromatic rings. The Morgan fingerprint density at radius 1 is 1.24 bits per heavy atom. The Bertz CT molecular complexity index is 994. The first-order valence-corrected chi connectivity index (χ1v) is 10.1. The third-order valence-corrected chi connectivity index (χ3v) is 5.27. The van der Waals surface area contributed by atoms with Crippen molar-refractivity contribution in [2.75, 3.05) is 32.8 Å². The highest BCUT2D eigenvalue weighted by Crippen LogP contribution is 2.19. The number of morpholine rings is 1. The lowest BCUT2D eigenvalue weighted by atomic mass is 10.1. The molecule has 0 aliphatic carbocycles. The molecule has 7 nitrogen and oxygen atoms in total. The molecule has 1 aliphatic heterocycles. The first-order valence-electron chi connectivity index (χ1n) is 10.1. The molecule has 29 heavy (non-hydrogen) atoms. The maximum Gasteiger partial charge on any atom is 0.252 e. The van der Waals surface area contributed by atoms with E-state index in [1.165, 1.54) is 0 Å². The third-order valence-electron chi connectivity index (χ3n) is 5.27. The number of ether oxygens (including phenoxy) is 1. The van der Waals surface area contributed by atoms with Gasteiger partial charge in [-0.15, -0.1) is 0 Å². The van der Waals surface area contributed by atoms with Gasteiger partial charge in [-0.2, -0.15) is 5.10 Å². The van der Waals surface area contributed by atoms with E-state index >= 15 is 0 Å². The number of carbonyl (C=O) groups excluding carboxylic acids is 1. The smallest absolute Gasteiger partial charge is 0.252 e. The van der Waals surface area contributed by atoms with Crippen LogP contribution < -0.4 is 5.32 Å². The van der Waals surface area contributed by atoms with Gasteiger partial charge in [-0.25, -0.2) is 0 Å². The molecular formula is C22H27N5O2. The van der Waals surface area contributed by atoms with E-state index < -0.39 is 0 Å². The van der Waals surface area contributed by atoms with Crippen LogP contribution in [0.1, 0.15) is 28.7 Å². The Morgan fingerprint density at radius 3 is 2.79 bits per heavy atom. The van der Waals surface area contributed by atoms with Crippen molar-refractivity contribution in [3.05, 3.63) is 59.5 Å². The molecule has 0 spiro atoms. The van der Waals surface area contributed by atoms with Gasteiger partial charge in [0.15, 0.2) is 0 Å². The Balaban J connectivity index is 1.56. The minimum Gasteiger partial charge on any atom is -0.379 e. The first-order chi connectivity index (χ1) is 14.1. The van der Waals surface area contributed by atoms with Crippen molar-refractivity contribution in [1.82, 2.24) is 25.0 Å². The van der Waals surface area contributed by atoms with E-state index in [-0.39, 0.29) is 11.9 Å². The SMILES string of the molecule is Cc1ccnn1Cc1cc(C(=O)N[C@H](C)CN2CCOCC2)c2ccccc2n1. The van der Waals surface area contributed by atoms with Crippen molar-refractivity contribution in [2.45, 2.75) is 26.4 Å². The second-order valence-corrected chi connectivity index (χ2v) is 7.60. The Morgan fingerprint density at radius 2 is 2.03 bits per heavy atom. The molecule has 1 fully saturated rings. The number of nitrogens with zero attached hydrogens (tertiary/aromatic N) is 4. The van der Waals surface area contributed by atoms with Crippen LogP contribution >= 0.6 is 0 Å². The normalized spacial score (nSPS) is 16.1. The zero-order chi connectivity index (χ0) is 20.2. The molecule has 0 bridgehead atoms. The second kappa shape index (κ2) is 8.71. The lowest BCUT2D eigenvalue weighted by molar-refractivity contribution is 0.0342. The summed E-state index contributed by atoms with van der Waals surface area (Å²) in [6.07, 6.45) is 1.78. The van der Waals surface area contributed by atoms with Crippen molar-refractivity contribution in [2.24, 2.45) is 0 Å². The number of rotatable bonds is 6. The molecule has 1 atom stereocenters. The highest BCUT2D eigenvalue weighted by molar-refractivity contribution is 6.06. The highest BCUT2D eigenvalue weighted by atomic mass is 16.5. The van der Waals surface area contributed by atoms with Gasteiger partial charge >= 0.3 is 0 Å². The number of aromatic nitrogens is 3. The van der Waals surface area contributed by atoms with Gasteiger partial charge in [0.25, 0.3) is 5.91 Å². The summed E-state index contributed by atoms with van der Waals surface area (Å²) in [6, 6.07) is 11.7. The van der Waals surface area contributed by atoms with Gasteiger partial charge in [0.1, 0.15) is 0 Å². The lowest BCUT2D eigenvalue weighted by Crippen LogP contribution is -2.46. The van der Waals surface area contributed by atoms with Gasteiger partial charge in [0, 0.05) is 43.0 Å². The van der Waals surface area contributed by atoms with E-state index in [9.17, 15) is 4.79 Å². The summed E-state index contributed by atoms with van der Waals surface area (Å²) in [7, 11) is 0. The van der Waals surface area contributed by atoms with E-state index in [1.54, 1.807) is 6.20 Å². The van der Waals surface area contributed by atoms with Crippen LogP contribution in [0.5, 0.6) is 0 Å². The monoisotopic (exact) mass is 393 g/mol. The number of hydrogen-bond acceptors (Lipinski definition) is 5. The molecule has 7 heteroatoms. The number of hydrogen-bond donors (Lipinski definition) is 1. The Hall–Kier alpha value is -2.77. The largest absolute Gasteiger partial charge is 0.379 e. The van der Waals surface area contributed by atoms with Crippen LogP contribution in [0.25, 0.3) is 10.9 Å². The standard InChI is InChI=1S/C22H27N5O2/c1-16(14-26-9-11-29-12-10-26)24-22(28)20-13-18(15-27-17(2)7-8-23-27)25-21-6-4-3-5-19(20)21/h3-8,13,16H,9-12,14-15H2,1-2H3,(H,24,28)/t16-/m1/s1. The molecule has 1 saturated heterocycles. The fraction of sp³-hybridized carbons (Fsp3) is 0.409. The average molecular weight is 393 g/mol. The number of para-hydroxylation sites is 1. The third kappa shape index (κ3) is 4.63. The van der Waals surface area contributed by atoms with Crippen LogP contribution in [-0.2, 0) is 11.3 Å². The number of fused-ring (bicyclic) bond motifs is 1. The van der Waals surface area contributed by atoms with E-state index in [1.807, 2.05) is 54.9 Å². The van der Waals surface area contributed by atoms with Crippen LogP contribution in [0, 0.1) is 6.92 Å². The van der Waals surface area contributed by atoms with Crippen LogP contribution in [0.3, 0.4) is 0 Å². The average Bonchev–Trinajstić information content (AvgIpc) is 3.12. The molecule has 1 N–H and O–H groups in total. The van der Waals surface area contributed by atoms with E-state index in [2.05, 4.69) is 15.3 Å². The van der Waals surface area contributed by atoms with Crippen molar-refractivity contribution in [3.8, 4) is 0 Å². The van der Waals surface area contributed by atoms with Crippen LogP contribution in [-0.4, -0.2) is 64.5 Å². The van der Waals surface area contributed by atoms with Crippen molar-refractivity contribution >= 4 is 16.8 Å². The predicted octanol–water partition coefficient (Wildman–Crippen LogP) is 2.24. The maximum absolute atomic E-state index is 13.1. The van der Waals surface area contributed by atoms with Crippen molar-refractivity contribution < 1.29 is 9.53 Å². The van der Waals surface area contributed by atoms with Crippen LogP contribution in [0.4, 0.5) is 0 Å². The van der Waals surface area contributed by atoms with Gasteiger partial charge in [-0.05, 0) is 32.0 Å². The minimum atomic E-state index is -0.0669. The quantitative estimate of drug-likeness (QED) is 0.695. The minimum absolute atomic E-state index is 0.0457. The number of aryl methyl sites for hydroxylation is 1. The maximum atomic E-state index is 13.1. The summed E-state index contributed by atoms with van der Waals surface area (Å²) in [5.41, 5.74) is 3.36. The molecule has 1 aliphatic rings. The van der Waals surface area contributed by atoms with Crippen LogP contribution in [0.15, 0.2) is 42.6 Å².